The van der Waals surface area contributed by atoms with Crippen LogP contribution in [0, 0.1) is 12.8 Å². The van der Waals surface area contributed by atoms with E-state index in [1.54, 1.807) is 37.9 Å². The van der Waals surface area contributed by atoms with Gasteiger partial charge in [0.2, 0.25) is 0 Å². The number of carbonyl (C=O) groups is 1. The van der Waals surface area contributed by atoms with Gasteiger partial charge in [0.05, 0.1) is 37.5 Å². The molecule has 0 unspecified atom stereocenters. The van der Waals surface area contributed by atoms with Crippen LogP contribution in [0.3, 0.4) is 0 Å². The zero-order chi connectivity index (χ0) is 31.6. The molecule has 1 aliphatic rings. The second-order valence-electron chi connectivity index (χ2n) is 12.2. The number of ether oxygens (including phenoxy) is 3. The lowest BCUT2D eigenvalue weighted by molar-refractivity contribution is -0.126. The highest BCUT2D eigenvalue weighted by atomic mass is 32.1. The fourth-order valence-corrected chi connectivity index (χ4v) is 6.93. The number of methoxy groups -OCH3 is 1. The summed E-state index contributed by atoms with van der Waals surface area (Å²) >= 11 is 1.27. The van der Waals surface area contributed by atoms with Crippen LogP contribution in [0.4, 0.5) is 0 Å². The maximum absolute atomic E-state index is 14.5. The van der Waals surface area contributed by atoms with E-state index in [1.807, 2.05) is 45.0 Å². The Bertz CT molecular complexity index is 1730. The number of rotatable bonds is 12. The lowest BCUT2D eigenvalue weighted by atomic mass is 9.92. The molecule has 1 fully saturated rings. The molecule has 1 aliphatic heterocycles. The maximum atomic E-state index is 14.5. The molecule has 5 rings (SSSR count). The van der Waals surface area contributed by atoms with E-state index in [-0.39, 0.29) is 24.9 Å². The van der Waals surface area contributed by atoms with Crippen LogP contribution in [0.1, 0.15) is 70.6 Å². The quantitative estimate of drug-likeness (QED) is 0.221. The molecule has 0 radical (unpaired) electrons. The topological polar surface area (TPSA) is 119 Å². The van der Waals surface area contributed by atoms with Crippen LogP contribution in [0.25, 0.3) is 15.2 Å². The van der Waals surface area contributed by atoms with E-state index in [9.17, 15) is 14.4 Å². The number of fused-ring (bicyclic) bond motifs is 1. The molecular weight excluding hydrogens is 582 g/mol. The number of carbonyl (C=O) groups excluding carboxylic acids is 1. The number of benzene rings is 1. The maximum Gasteiger partial charge on any atom is 0.333 e. The Labute approximate surface area is 260 Å². The third kappa shape index (κ3) is 6.15. The molecule has 0 N–H and O–H groups in total. The van der Waals surface area contributed by atoms with E-state index in [2.05, 4.69) is 10.2 Å². The molecule has 4 heterocycles. The van der Waals surface area contributed by atoms with Crippen molar-refractivity contribution in [3.63, 3.8) is 0 Å². The van der Waals surface area contributed by atoms with E-state index in [4.69, 9.17) is 14.2 Å². The third-order valence-electron chi connectivity index (χ3n) is 8.34. The summed E-state index contributed by atoms with van der Waals surface area (Å²) in [6.45, 7) is 10.5. The molecule has 1 atom stereocenters. The summed E-state index contributed by atoms with van der Waals surface area (Å²) in [4.78, 5) is 44.3. The third-order valence-corrected chi connectivity index (χ3v) is 9.62. The number of nitrogens with zero attached hydrogens (tertiary/aromatic N) is 5. The number of ketones is 1. The summed E-state index contributed by atoms with van der Waals surface area (Å²) in [5.41, 5.74) is -1.02. The van der Waals surface area contributed by atoms with E-state index in [0.717, 1.165) is 23.0 Å². The molecule has 0 aliphatic carbocycles. The van der Waals surface area contributed by atoms with E-state index >= 15 is 0 Å². The number of hydrogen-bond donors (Lipinski definition) is 0. The Morgan fingerprint density at radius 3 is 2.48 bits per heavy atom. The van der Waals surface area contributed by atoms with Crippen molar-refractivity contribution in [1.29, 1.82) is 0 Å². The molecule has 0 saturated carbocycles. The molecular formula is C32H41N5O6S. The second kappa shape index (κ2) is 13.2. The Morgan fingerprint density at radius 2 is 1.82 bits per heavy atom. The molecule has 4 aromatic rings. The first-order valence-electron chi connectivity index (χ1n) is 15.1. The summed E-state index contributed by atoms with van der Waals surface area (Å²) < 4.78 is 20.7. The number of para-hydroxylation sites is 1. The van der Waals surface area contributed by atoms with Crippen molar-refractivity contribution in [3.8, 4) is 10.8 Å². The smallest absolute Gasteiger partial charge is 0.333 e. The summed E-state index contributed by atoms with van der Waals surface area (Å²) in [5, 5.41) is 9.55. The van der Waals surface area contributed by atoms with Crippen molar-refractivity contribution < 1.29 is 19.0 Å². The summed E-state index contributed by atoms with van der Waals surface area (Å²) in [6.07, 6.45) is 4.81. The minimum Gasteiger partial charge on any atom is -0.496 e. The van der Waals surface area contributed by atoms with Gasteiger partial charge in [0, 0.05) is 30.8 Å². The van der Waals surface area contributed by atoms with Gasteiger partial charge in [-0.25, -0.2) is 9.36 Å². The monoisotopic (exact) mass is 623 g/mol. The highest BCUT2D eigenvalue weighted by Crippen LogP contribution is 2.35. The molecule has 0 spiro atoms. The van der Waals surface area contributed by atoms with Crippen LogP contribution in [0.15, 0.2) is 46.2 Å². The van der Waals surface area contributed by atoms with Gasteiger partial charge in [-0.2, -0.15) is 10.2 Å². The number of hydrogen-bond acceptors (Lipinski definition) is 9. The molecule has 12 heteroatoms. The van der Waals surface area contributed by atoms with Gasteiger partial charge in [-0.3, -0.25) is 14.2 Å². The van der Waals surface area contributed by atoms with Crippen molar-refractivity contribution in [2.75, 3.05) is 20.3 Å². The van der Waals surface area contributed by atoms with Gasteiger partial charge in [-0.05, 0) is 52.0 Å². The van der Waals surface area contributed by atoms with E-state index in [0.29, 0.717) is 52.1 Å². The van der Waals surface area contributed by atoms with Gasteiger partial charge >= 0.3 is 5.69 Å². The first kappa shape index (κ1) is 31.8. The summed E-state index contributed by atoms with van der Waals surface area (Å²) in [7, 11) is 1.60. The van der Waals surface area contributed by atoms with Gasteiger partial charge in [0.15, 0.2) is 5.78 Å². The van der Waals surface area contributed by atoms with Crippen LogP contribution in [-0.4, -0.2) is 56.3 Å². The van der Waals surface area contributed by atoms with Crippen molar-refractivity contribution in [1.82, 2.24) is 24.1 Å². The Balaban J connectivity index is 1.73. The predicted octanol–water partition coefficient (Wildman–Crippen LogP) is 4.80. The SMILES string of the molecule is COc1ccccc1[C@H](Cn1c(=O)n(C(C)(C)C(=O)CCC(C)C)c(=O)c2c(C)c(-n3nccn3)sc21)OC1CCOCC1. The number of aromatic nitrogens is 5. The van der Waals surface area contributed by atoms with Crippen molar-refractivity contribution >= 4 is 27.3 Å². The van der Waals surface area contributed by atoms with Crippen LogP contribution >= 0.6 is 11.3 Å². The first-order chi connectivity index (χ1) is 21.0. The Kier molecular flexibility index (Phi) is 9.52. The zero-order valence-electron chi connectivity index (χ0n) is 26.2. The van der Waals surface area contributed by atoms with Crippen molar-refractivity contribution in [2.45, 2.75) is 84.6 Å². The fourth-order valence-electron chi connectivity index (χ4n) is 5.71. The number of aryl methyl sites for hydroxylation is 1. The molecule has 1 aromatic carbocycles. The molecule has 11 nitrogen and oxygen atoms in total. The average molecular weight is 624 g/mol. The lowest BCUT2D eigenvalue weighted by Crippen LogP contribution is -2.52. The van der Waals surface area contributed by atoms with Gasteiger partial charge in [-0.15, -0.1) is 4.80 Å². The fraction of sp³-hybridized carbons (Fsp3) is 0.531. The van der Waals surface area contributed by atoms with Crippen molar-refractivity contribution in [3.05, 3.63) is 68.6 Å². The minimum absolute atomic E-state index is 0.0845. The number of thiophene rings is 1. The average Bonchev–Trinajstić information content (AvgIpc) is 3.66. The number of Topliss-reactive ketones (excluding diaryl/α,β-unsaturated/α-hetero) is 1. The predicted molar refractivity (Wildman–Crippen MR) is 169 cm³/mol. The van der Waals surface area contributed by atoms with Crippen molar-refractivity contribution in [2.24, 2.45) is 5.92 Å². The largest absolute Gasteiger partial charge is 0.496 e. The van der Waals surface area contributed by atoms with Crippen LogP contribution in [0.5, 0.6) is 5.75 Å². The van der Waals surface area contributed by atoms with Crippen LogP contribution in [0.2, 0.25) is 0 Å². The van der Waals surface area contributed by atoms with E-state index in [1.165, 1.54) is 16.1 Å². The van der Waals surface area contributed by atoms with Crippen LogP contribution < -0.4 is 16.0 Å². The van der Waals surface area contributed by atoms with Gasteiger partial charge in [0.25, 0.3) is 5.56 Å². The normalized spacial score (nSPS) is 15.2. The second-order valence-corrected chi connectivity index (χ2v) is 13.1. The Hall–Kier alpha value is -3.61. The van der Waals surface area contributed by atoms with Crippen LogP contribution in [-0.2, 0) is 26.4 Å². The molecule has 44 heavy (non-hydrogen) atoms. The molecule has 1 saturated heterocycles. The molecule has 3 aromatic heterocycles. The molecule has 236 valence electrons. The minimum atomic E-state index is -1.38. The molecule has 0 amide bonds. The zero-order valence-corrected chi connectivity index (χ0v) is 27.1. The standard InChI is InChI=1S/C32H41N5O6S/c1-20(2)11-12-26(38)32(4,5)36-28(39)27-21(3)29(37-33-15-16-34-37)44-30(27)35(31(36)40)19-25(43-22-13-17-42-18-14-22)23-9-7-8-10-24(23)41-6/h7-10,15-16,20,22,25H,11-14,17-19H2,1-6H3/t25-/m0/s1. The summed E-state index contributed by atoms with van der Waals surface area (Å²) in [6, 6.07) is 7.59. The first-order valence-corrected chi connectivity index (χ1v) is 15.9. The Morgan fingerprint density at radius 1 is 1.14 bits per heavy atom. The van der Waals surface area contributed by atoms with Gasteiger partial charge < -0.3 is 14.2 Å². The molecule has 0 bridgehead atoms. The lowest BCUT2D eigenvalue weighted by Gasteiger charge is -2.30. The van der Waals surface area contributed by atoms with Gasteiger partial charge in [-0.1, -0.05) is 43.4 Å². The van der Waals surface area contributed by atoms with Gasteiger partial charge in [0.1, 0.15) is 27.2 Å². The highest BCUT2D eigenvalue weighted by Gasteiger charge is 2.36. The van der Waals surface area contributed by atoms with E-state index < -0.39 is 22.9 Å². The summed E-state index contributed by atoms with van der Waals surface area (Å²) in [5.74, 6) is 0.769. The highest BCUT2D eigenvalue weighted by molar-refractivity contribution is 7.21.